The Bertz CT molecular complexity index is 1020. The normalized spacial score (nSPS) is 12.2. The van der Waals surface area contributed by atoms with Crippen LogP contribution in [0.4, 0.5) is 0 Å². The number of ether oxygens (including phenoxy) is 2. The van der Waals surface area contributed by atoms with Crippen LogP contribution < -0.4 is 4.74 Å². The highest BCUT2D eigenvalue weighted by Gasteiger charge is 2.23. The molecule has 0 radical (unpaired) electrons. The highest BCUT2D eigenvalue weighted by Crippen LogP contribution is 2.34. The lowest BCUT2D eigenvalue weighted by atomic mass is 10.1. The minimum atomic E-state index is -0.588. The highest BCUT2D eigenvalue weighted by molar-refractivity contribution is 5.65. The zero-order valence-corrected chi connectivity index (χ0v) is 19.9. The lowest BCUT2D eigenvalue weighted by Crippen LogP contribution is -2.35. The fourth-order valence-electron chi connectivity index (χ4n) is 3.85. The Labute approximate surface area is 197 Å². The van der Waals surface area contributed by atoms with Crippen LogP contribution in [0.25, 0.3) is 11.3 Å². The maximum absolute atomic E-state index is 10.5. The summed E-state index contributed by atoms with van der Waals surface area (Å²) in [6.07, 6.45) is 2.07. The molecule has 0 amide bonds. The summed E-state index contributed by atoms with van der Waals surface area (Å²) in [5.74, 6) is 1.48. The number of hydrogen-bond acceptors (Lipinski definition) is 5. The minimum Gasteiger partial charge on any atom is -0.439 e. The molecule has 1 N–H and O–H groups in total. The van der Waals surface area contributed by atoms with E-state index in [0.717, 1.165) is 41.1 Å². The van der Waals surface area contributed by atoms with E-state index in [4.69, 9.17) is 14.6 Å². The lowest BCUT2D eigenvalue weighted by Gasteiger charge is -2.25. The van der Waals surface area contributed by atoms with Crippen LogP contribution in [0.2, 0.25) is 0 Å². The minimum absolute atomic E-state index is 0.275. The third kappa shape index (κ3) is 7.02. The van der Waals surface area contributed by atoms with E-state index in [-0.39, 0.29) is 6.61 Å². The molecule has 0 saturated heterocycles. The van der Waals surface area contributed by atoms with Crippen LogP contribution in [0.5, 0.6) is 11.6 Å². The fourth-order valence-corrected chi connectivity index (χ4v) is 3.85. The summed E-state index contributed by atoms with van der Waals surface area (Å²) < 4.78 is 13.6. The van der Waals surface area contributed by atoms with Crippen LogP contribution >= 0.6 is 0 Å². The standard InChI is InChI=1S/C27H35N3O3/c1-5-15-30(18-23(31)20-32-16-6-2)19-25-26(22-12-8-7-9-13-22)28-29(4)27(25)33-24-14-10-11-21(3)17-24/h6-14,17,23,31H,2,5,15-16,18-20H2,1,3-4H3/t23-/m0/s1. The Morgan fingerprint density at radius 1 is 1.18 bits per heavy atom. The van der Waals surface area contributed by atoms with Crippen molar-refractivity contribution in [2.45, 2.75) is 32.9 Å². The van der Waals surface area contributed by atoms with Gasteiger partial charge in [-0.15, -0.1) is 6.58 Å². The van der Waals surface area contributed by atoms with E-state index in [1.54, 1.807) is 10.8 Å². The number of aliphatic hydroxyl groups excluding tert-OH is 1. The number of aryl methyl sites for hydroxylation is 2. The second kappa shape index (κ2) is 12.3. The fraction of sp³-hybridized carbons (Fsp3) is 0.370. The number of nitrogens with zero attached hydrogens (tertiary/aromatic N) is 3. The first kappa shape index (κ1) is 24.7. The van der Waals surface area contributed by atoms with Crippen molar-refractivity contribution in [2.75, 3.05) is 26.3 Å². The number of benzene rings is 2. The van der Waals surface area contributed by atoms with Gasteiger partial charge in [-0.3, -0.25) is 4.90 Å². The second-order valence-electron chi connectivity index (χ2n) is 8.26. The van der Waals surface area contributed by atoms with Crippen molar-refractivity contribution < 1.29 is 14.6 Å². The van der Waals surface area contributed by atoms with Crippen LogP contribution in [0.1, 0.15) is 24.5 Å². The smallest absolute Gasteiger partial charge is 0.222 e. The largest absolute Gasteiger partial charge is 0.439 e. The van der Waals surface area contributed by atoms with Crippen molar-refractivity contribution in [2.24, 2.45) is 7.05 Å². The van der Waals surface area contributed by atoms with Gasteiger partial charge in [-0.1, -0.05) is 55.5 Å². The molecule has 33 heavy (non-hydrogen) atoms. The Balaban J connectivity index is 1.93. The average molecular weight is 450 g/mol. The summed E-state index contributed by atoms with van der Waals surface area (Å²) in [5.41, 5.74) is 4.06. The maximum Gasteiger partial charge on any atom is 0.222 e. The summed E-state index contributed by atoms with van der Waals surface area (Å²) in [5, 5.41) is 15.3. The van der Waals surface area contributed by atoms with Gasteiger partial charge in [-0.05, 0) is 37.6 Å². The zero-order valence-electron chi connectivity index (χ0n) is 19.9. The first-order valence-electron chi connectivity index (χ1n) is 11.5. The van der Waals surface area contributed by atoms with Crippen LogP contribution in [0.3, 0.4) is 0 Å². The highest BCUT2D eigenvalue weighted by atomic mass is 16.5. The molecule has 0 unspecified atom stereocenters. The Kier molecular flexibility index (Phi) is 9.24. The topological polar surface area (TPSA) is 59.8 Å². The average Bonchev–Trinajstić information content (AvgIpc) is 3.10. The summed E-state index contributed by atoms with van der Waals surface area (Å²) >= 11 is 0. The first-order chi connectivity index (χ1) is 16.0. The zero-order chi connectivity index (χ0) is 23.6. The summed E-state index contributed by atoms with van der Waals surface area (Å²) in [7, 11) is 1.91. The summed E-state index contributed by atoms with van der Waals surface area (Å²) in [6.45, 7) is 10.5. The predicted molar refractivity (Wildman–Crippen MR) is 132 cm³/mol. The van der Waals surface area contributed by atoms with E-state index in [1.165, 1.54) is 0 Å². The molecule has 0 aliphatic heterocycles. The van der Waals surface area contributed by atoms with Crippen molar-refractivity contribution in [3.05, 3.63) is 78.4 Å². The number of aromatic nitrogens is 2. The van der Waals surface area contributed by atoms with E-state index in [1.807, 2.05) is 56.4 Å². The Morgan fingerprint density at radius 3 is 2.67 bits per heavy atom. The van der Waals surface area contributed by atoms with Crippen molar-refractivity contribution >= 4 is 0 Å². The Hall–Kier alpha value is -2.93. The second-order valence-corrected chi connectivity index (χ2v) is 8.26. The quantitative estimate of drug-likeness (QED) is 0.295. The van der Waals surface area contributed by atoms with Gasteiger partial charge in [0.15, 0.2) is 0 Å². The number of aliphatic hydroxyl groups is 1. The first-order valence-corrected chi connectivity index (χ1v) is 11.5. The van der Waals surface area contributed by atoms with Gasteiger partial charge in [-0.2, -0.15) is 5.10 Å². The number of rotatable bonds is 13. The molecule has 0 fully saturated rings. The molecule has 3 aromatic rings. The summed E-state index contributed by atoms with van der Waals surface area (Å²) in [6, 6.07) is 18.2. The van der Waals surface area contributed by atoms with Crippen molar-refractivity contribution in [1.82, 2.24) is 14.7 Å². The molecule has 2 aromatic carbocycles. The molecule has 0 aliphatic carbocycles. The third-order valence-corrected chi connectivity index (χ3v) is 5.28. The molecule has 0 saturated carbocycles. The predicted octanol–water partition coefficient (Wildman–Crippen LogP) is 4.96. The molecule has 6 nitrogen and oxygen atoms in total. The molecule has 0 spiro atoms. The van der Waals surface area contributed by atoms with Gasteiger partial charge in [0.2, 0.25) is 5.88 Å². The molecular weight excluding hydrogens is 414 g/mol. The molecule has 3 rings (SSSR count). The van der Waals surface area contributed by atoms with E-state index >= 15 is 0 Å². The van der Waals surface area contributed by atoms with Gasteiger partial charge in [0.05, 0.1) is 24.9 Å². The Morgan fingerprint density at radius 2 is 1.97 bits per heavy atom. The number of hydrogen-bond donors (Lipinski definition) is 1. The molecule has 0 bridgehead atoms. The monoisotopic (exact) mass is 449 g/mol. The maximum atomic E-state index is 10.5. The van der Waals surface area contributed by atoms with E-state index in [9.17, 15) is 5.11 Å². The van der Waals surface area contributed by atoms with Gasteiger partial charge >= 0.3 is 0 Å². The van der Waals surface area contributed by atoms with Crippen LogP contribution in [0, 0.1) is 6.92 Å². The van der Waals surface area contributed by atoms with Gasteiger partial charge in [0, 0.05) is 25.7 Å². The van der Waals surface area contributed by atoms with Crippen molar-refractivity contribution in [3.63, 3.8) is 0 Å². The molecule has 0 aliphatic rings. The molecule has 176 valence electrons. The summed E-state index contributed by atoms with van der Waals surface area (Å²) in [4.78, 5) is 2.23. The molecule has 1 heterocycles. The van der Waals surface area contributed by atoms with Gasteiger partial charge in [0.25, 0.3) is 0 Å². The van der Waals surface area contributed by atoms with Gasteiger partial charge < -0.3 is 14.6 Å². The van der Waals surface area contributed by atoms with Gasteiger partial charge in [-0.25, -0.2) is 4.68 Å². The van der Waals surface area contributed by atoms with Crippen molar-refractivity contribution in [3.8, 4) is 22.9 Å². The SMILES string of the molecule is C=CCOC[C@@H](O)CN(CCC)Cc1c(-c2ccccc2)nn(C)c1Oc1cccc(C)c1. The van der Waals surface area contributed by atoms with E-state index < -0.39 is 6.10 Å². The van der Waals surface area contributed by atoms with E-state index in [2.05, 4.69) is 30.5 Å². The molecular formula is C27H35N3O3. The lowest BCUT2D eigenvalue weighted by molar-refractivity contribution is 0.0245. The van der Waals surface area contributed by atoms with Crippen LogP contribution in [-0.2, 0) is 18.3 Å². The third-order valence-electron chi connectivity index (χ3n) is 5.28. The van der Waals surface area contributed by atoms with Crippen LogP contribution in [0.15, 0.2) is 67.3 Å². The van der Waals surface area contributed by atoms with Crippen LogP contribution in [-0.4, -0.2) is 52.2 Å². The van der Waals surface area contributed by atoms with E-state index in [0.29, 0.717) is 25.6 Å². The van der Waals surface area contributed by atoms with Crippen molar-refractivity contribution in [1.29, 1.82) is 0 Å². The molecule has 1 aromatic heterocycles. The molecule has 6 heteroatoms. The molecule has 1 atom stereocenters. The van der Waals surface area contributed by atoms with Gasteiger partial charge in [0.1, 0.15) is 11.4 Å².